The lowest BCUT2D eigenvalue weighted by Crippen LogP contribution is -2.17. The monoisotopic (exact) mass is 461 g/mol. The lowest BCUT2D eigenvalue weighted by Gasteiger charge is -2.27. The predicted octanol–water partition coefficient (Wildman–Crippen LogP) is 9.01. The molecule has 0 fully saturated rings. The first-order valence-corrected chi connectivity index (χ1v) is 12.6. The second-order valence-corrected chi connectivity index (χ2v) is 10.9. The summed E-state index contributed by atoms with van der Waals surface area (Å²) >= 11 is 0. The van der Waals surface area contributed by atoms with E-state index in [4.69, 9.17) is 4.99 Å². The number of rotatable bonds is 2. The summed E-state index contributed by atoms with van der Waals surface area (Å²) in [7, 11) is 0. The standard InChI is InChI=1S/C22H31NO.C8H10.C2H6/c1-15-10-8-9-11-19(15)23-14-16-12-17(21(2,3)4)13-18(20(16)24)22(5,6)7;1-7-5-3-4-6-8(7)2;1-2/h8-10,12-14,19,24H,11H2,1-7H3;3-6H,1-2H3;1-2H3. The van der Waals surface area contributed by atoms with Crippen molar-refractivity contribution < 1.29 is 5.11 Å². The van der Waals surface area contributed by atoms with Crippen LogP contribution in [-0.4, -0.2) is 17.4 Å². The molecule has 0 saturated heterocycles. The molecule has 3 rings (SSSR count). The van der Waals surface area contributed by atoms with Crippen molar-refractivity contribution >= 4 is 6.21 Å². The topological polar surface area (TPSA) is 32.6 Å². The summed E-state index contributed by atoms with van der Waals surface area (Å²) in [5.41, 5.74) is 6.93. The first-order chi connectivity index (χ1) is 15.8. The molecule has 2 heteroatoms. The summed E-state index contributed by atoms with van der Waals surface area (Å²) in [6.07, 6.45) is 9.10. The highest BCUT2D eigenvalue weighted by Crippen LogP contribution is 2.37. The van der Waals surface area contributed by atoms with Gasteiger partial charge in [0.2, 0.25) is 0 Å². The third-order valence-corrected chi connectivity index (χ3v) is 6.01. The number of benzene rings is 2. The van der Waals surface area contributed by atoms with Crippen LogP contribution in [0, 0.1) is 13.8 Å². The number of hydrogen-bond donors (Lipinski definition) is 1. The zero-order valence-electron chi connectivity index (χ0n) is 23.5. The number of aromatic hydroxyl groups is 1. The Hall–Kier alpha value is -2.61. The van der Waals surface area contributed by atoms with Crippen molar-refractivity contribution in [3.05, 3.63) is 88.0 Å². The van der Waals surface area contributed by atoms with Crippen LogP contribution in [0.2, 0.25) is 0 Å². The van der Waals surface area contributed by atoms with Gasteiger partial charge in [-0.25, -0.2) is 0 Å². The average molecular weight is 462 g/mol. The summed E-state index contributed by atoms with van der Waals surface area (Å²) in [5.74, 6) is 0.354. The van der Waals surface area contributed by atoms with E-state index in [1.54, 1.807) is 0 Å². The van der Waals surface area contributed by atoms with Crippen LogP contribution < -0.4 is 0 Å². The minimum Gasteiger partial charge on any atom is -0.507 e. The molecule has 1 aliphatic carbocycles. The molecule has 0 amide bonds. The van der Waals surface area contributed by atoms with Gasteiger partial charge in [-0.1, -0.05) is 104 Å². The number of phenolic OH excluding ortho intramolecular Hbond substituents is 1. The van der Waals surface area contributed by atoms with Gasteiger partial charge in [0.25, 0.3) is 0 Å². The largest absolute Gasteiger partial charge is 0.507 e. The second kappa shape index (κ2) is 12.7. The molecule has 0 spiro atoms. The molecular formula is C32H47NO. The van der Waals surface area contributed by atoms with Crippen LogP contribution in [0.1, 0.15) is 96.6 Å². The molecule has 2 aromatic rings. The summed E-state index contributed by atoms with van der Waals surface area (Å²) in [6.45, 7) is 23.3. The van der Waals surface area contributed by atoms with Crippen molar-refractivity contribution in [1.29, 1.82) is 0 Å². The van der Waals surface area contributed by atoms with E-state index in [1.807, 2.05) is 20.1 Å². The van der Waals surface area contributed by atoms with Gasteiger partial charge < -0.3 is 5.11 Å². The fourth-order valence-electron chi connectivity index (χ4n) is 3.50. The summed E-state index contributed by atoms with van der Waals surface area (Å²) in [4.78, 5) is 4.74. The van der Waals surface area contributed by atoms with Gasteiger partial charge >= 0.3 is 0 Å². The molecule has 0 aliphatic heterocycles. The number of allylic oxidation sites excluding steroid dienone is 2. The molecule has 186 valence electrons. The van der Waals surface area contributed by atoms with E-state index in [9.17, 15) is 5.11 Å². The molecule has 2 nitrogen and oxygen atoms in total. The number of aliphatic imine (C=N–C) groups is 1. The molecule has 1 N–H and O–H groups in total. The third kappa shape index (κ3) is 8.63. The van der Waals surface area contributed by atoms with Crippen molar-refractivity contribution in [1.82, 2.24) is 0 Å². The Balaban J connectivity index is 0.000000483. The van der Waals surface area contributed by atoms with E-state index in [2.05, 4.69) is 117 Å². The van der Waals surface area contributed by atoms with Crippen molar-refractivity contribution in [2.75, 3.05) is 0 Å². The van der Waals surface area contributed by atoms with Gasteiger partial charge in [-0.2, -0.15) is 0 Å². The maximum absolute atomic E-state index is 10.8. The quantitative estimate of drug-likeness (QED) is 0.445. The van der Waals surface area contributed by atoms with Crippen molar-refractivity contribution in [2.24, 2.45) is 4.99 Å². The van der Waals surface area contributed by atoms with Crippen LogP contribution in [0.15, 0.2) is 65.2 Å². The Bertz CT molecular complexity index is 989. The van der Waals surface area contributed by atoms with Crippen LogP contribution >= 0.6 is 0 Å². The molecule has 0 radical (unpaired) electrons. The molecule has 1 unspecified atom stereocenters. The Morgan fingerprint density at radius 3 is 1.88 bits per heavy atom. The number of nitrogens with zero attached hydrogens (tertiary/aromatic N) is 1. The van der Waals surface area contributed by atoms with E-state index in [0.717, 1.165) is 17.5 Å². The Labute approximate surface area is 209 Å². The second-order valence-electron chi connectivity index (χ2n) is 10.9. The Kier molecular flexibility index (Phi) is 11.0. The highest BCUT2D eigenvalue weighted by Gasteiger charge is 2.24. The molecule has 1 atom stereocenters. The first kappa shape index (κ1) is 29.4. The van der Waals surface area contributed by atoms with Gasteiger partial charge in [-0.15, -0.1) is 0 Å². The van der Waals surface area contributed by atoms with Gasteiger partial charge in [0.15, 0.2) is 0 Å². The number of aryl methyl sites for hydroxylation is 2. The van der Waals surface area contributed by atoms with Gasteiger partial charge in [-0.05, 0) is 66.4 Å². The van der Waals surface area contributed by atoms with Crippen LogP contribution in [-0.2, 0) is 10.8 Å². The van der Waals surface area contributed by atoms with Gasteiger partial charge in [0, 0.05) is 17.3 Å². The van der Waals surface area contributed by atoms with E-state index in [-0.39, 0.29) is 16.9 Å². The predicted molar refractivity (Wildman–Crippen MR) is 152 cm³/mol. The molecule has 0 saturated carbocycles. The first-order valence-electron chi connectivity index (χ1n) is 12.6. The highest BCUT2D eigenvalue weighted by atomic mass is 16.3. The maximum atomic E-state index is 10.8. The summed E-state index contributed by atoms with van der Waals surface area (Å²) in [6, 6.07) is 12.7. The summed E-state index contributed by atoms with van der Waals surface area (Å²) in [5, 5.41) is 10.8. The molecular weight excluding hydrogens is 414 g/mol. The average Bonchev–Trinajstić information content (AvgIpc) is 2.76. The van der Waals surface area contributed by atoms with Crippen LogP contribution in [0.25, 0.3) is 0 Å². The molecule has 0 bridgehead atoms. The lowest BCUT2D eigenvalue weighted by atomic mass is 9.79. The van der Waals surface area contributed by atoms with E-state index < -0.39 is 0 Å². The zero-order chi connectivity index (χ0) is 26.1. The molecule has 1 aliphatic rings. The number of phenols is 1. The van der Waals surface area contributed by atoms with Gasteiger partial charge in [-0.3, -0.25) is 4.99 Å². The van der Waals surface area contributed by atoms with Crippen LogP contribution in [0.5, 0.6) is 5.75 Å². The highest BCUT2D eigenvalue weighted by molar-refractivity contribution is 5.85. The number of hydrogen-bond acceptors (Lipinski definition) is 2. The Morgan fingerprint density at radius 1 is 0.882 bits per heavy atom. The third-order valence-electron chi connectivity index (χ3n) is 6.01. The smallest absolute Gasteiger partial charge is 0.128 e. The van der Waals surface area contributed by atoms with Gasteiger partial charge in [0.05, 0.1) is 6.04 Å². The fourth-order valence-corrected chi connectivity index (χ4v) is 3.50. The van der Waals surface area contributed by atoms with E-state index >= 15 is 0 Å². The van der Waals surface area contributed by atoms with E-state index in [0.29, 0.717) is 5.75 Å². The SMILES string of the molecule is CC.CC1=CC=CCC1N=Cc1cc(C(C)(C)C)cc(C(C)(C)C)c1O.Cc1ccccc1C. The minimum atomic E-state index is -0.114. The van der Waals surface area contributed by atoms with Gasteiger partial charge in [0.1, 0.15) is 5.75 Å². The lowest BCUT2D eigenvalue weighted by molar-refractivity contribution is 0.444. The molecule has 0 heterocycles. The fraction of sp³-hybridized carbons (Fsp3) is 0.469. The zero-order valence-corrected chi connectivity index (χ0v) is 23.5. The molecule has 2 aromatic carbocycles. The summed E-state index contributed by atoms with van der Waals surface area (Å²) < 4.78 is 0. The minimum absolute atomic E-state index is 0.0275. The Morgan fingerprint density at radius 2 is 1.44 bits per heavy atom. The van der Waals surface area contributed by atoms with Crippen LogP contribution in [0.3, 0.4) is 0 Å². The van der Waals surface area contributed by atoms with E-state index in [1.165, 1.54) is 22.3 Å². The maximum Gasteiger partial charge on any atom is 0.128 e. The molecule has 0 aromatic heterocycles. The van der Waals surface area contributed by atoms with Crippen molar-refractivity contribution in [3.63, 3.8) is 0 Å². The van der Waals surface area contributed by atoms with Crippen molar-refractivity contribution in [2.45, 2.75) is 99.5 Å². The van der Waals surface area contributed by atoms with Crippen LogP contribution in [0.4, 0.5) is 0 Å². The molecule has 34 heavy (non-hydrogen) atoms. The van der Waals surface area contributed by atoms with Crippen molar-refractivity contribution in [3.8, 4) is 5.75 Å². The normalized spacial score (nSPS) is 15.7.